The van der Waals surface area contributed by atoms with Crippen molar-refractivity contribution in [3.05, 3.63) is 18.2 Å². The van der Waals surface area contributed by atoms with E-state index in [1.54, 1.807) is 7.11 Å². The van der Waals surface area contributed by atoms with Crippen molar-refractivity contribution in [1.29, 1.82) is 0 Å². The summed E-state index contributed by atoms with van der Waals surface area (Å²) >= 11 is 0. The van der Waals surface area contributed by atoms with E-state index < -0.39 is 0 Å². The minimum atomic E-state index is 0.264. The van der Waals surface area contributed by atoms with Gasteiger partial charge in [-0.3, -0.25) is 0 Å². The third-order valence-corrected chi connectivity index (χ3v) is 3.97. The molecular weight excluding hydrogens is 242 g/mol. The topological polar surface area (TPSA) is 48.3 Å². The summed E-state index contributed by atoms with van der Waals surface area (Å²) in [5, 5.41) is 3.48. The first-order valence-electron chi connectivity index (χ1n) is 6.99. The Kier molecular flexibility index (Phi) is 5.36. The van der Waals surface area contributed by atoms with Crippen molar-refractivity contribution in [2.45, 2.75) is 19.3 Å². The van der Waals surface area contributed by atoms with Gasteiger partial charge in [0.05, 0.1) is 13.2 Å². The molecule has 2 heterocycles. The molecule has 5 nitrogen and oxygen atoms in total. The number of nitrogens with one attached hydrogen (secondary N) is 1. The Hall–Kier alpha value is -0.910. The molecule has 1 atom stereocenters. The summed E-state index contributed by atoms with van der Waals surface area (Å²) < 4.78 is 12.8. The van der Waals surface area contributed by atoms with E-state index in [2.05, 4.69) is 21.9 Å². The van der Waals surface area contributed by atoms with Gasteiger partial charge < -0.3 is 19.4 Å². The van der Waals surface area contributed by atoms with Gasteiger partial charge >= 0.3 is 0 Å². The SMILES string of the molecule is COCCNCC1(CCc2nccn2C)CCOC1. The minimum absolute atomic E-state index is 0.264. The predicted octanol–water partition coefficient (Wildman–Crippen LogP) is 0.995. The van der Waals surface area contributed by atoms with Gasteiger partial charge in [0.2, 0.25) is 0 Å². The minimum Gasteiger partial charge on any atom is -0.383 e. The fourth-order valence-corrected chi connectivity index (χ4v) is 2.62. The summed E-state index contributed by atoms with van der Waals surface area (Å²) in [6.45, 7) is 4.40. The largest absolute Gasteiger partial charge is 0.383 e. The average molecular weight is 267 g/mol. The molecule has 1 N–H and O–H groups in total. The van der Waals surface area contributed by atoms with Gasteiger partial charge in [0.25, 0.3) is 0 Å². The van der Waals surface area contributed by atoms with Crippen LogP contribution in [0.4, 0.5) is 0 Å². The first-order valence-corrected chi connectivity index (χ1v) is 6.99. The lowest BCUT2D eigenvalue weighted by Gasteiger charge is -2.27. The summed E-state index contributed by atoms with van der Waals surface area (Å²) in [5.41, 5.74) is 0.264. The number of hydrogen-bond acceptors (Lipinski definition) is 4. The van der Waals surface area contributed by atoms with E-state index in [4.69, 9.17) is 9.47 Å². The molecule has 0 bridgehead atoms. The van der Waals surface area contributed by atoms with Gasteiger partial charge in [-0.2, -0.15) is 0 Å². The molecule has 108 valence electrons. The molecule has 0 aliphatic carbocycles. The Balaban J connectivity index is 1.83. The molecule has 1 aliphatic heterocycles. The van der Waals surface area contributed by atoms with Crippen molar-refractivity contribution < 1.29 is 9.47 Å². The Morgan fingerprint density at radius 2 is 2.47 bits per heavy atom. The Morgan fingerprint density at radius 3 is 3.11 bits per heavy atom. The second-order valence-corrected chi connectivity index (χ2v) is 5.43. The van der Waals surface area contributed by atoms with E-state index in [9.17, 15) is 0 Å². The smallest absolute Gasteiger partial charge is 0.108 e. The van der Waals surface area contributed by atoms with Crippen LogP contribution in [0.3, 0.4) is 0 Å². The van der Waals surface area contributed by atoms with E-state index in [-0.39, 0.29) is 5.41 Å². The number of imidazole rings is 1. The lowest BCUT2D eigenvalue weighted by molar-refractivity contribution is 0.139. The van der Waals surface area contributed by atoms with Gasteiger partial charge in [0.15, 0.2) is 0 Å². The molecule has 0 amide bonds. The Morgan fingerprint density at radius 1 is 1.58 bits per heavy atom. The number of aryl methyl sites for hydroxylation is 2. The summed E-state index contributed by atoms with van der Waals surface area (Å²) in [7, 11) is 3.79. The van der Waals surface area contributed by atoms with Crippen LogP contribution in [0.2, 0.25) is 0 Å². The van der Waals surface area contributed by atoms with Crippen molar-refractivity contribution in [2.24, 2.45) is 12.5 Å². The summed E-state index contributed by atoms with van der Waals surface area (Å²) in [6, 6.07) is 0. The third-order valence-electron chi connectivity index (χ3n) is 3.97. The molecule has 2 rings (SSSR count). The summed E-state index contributed by atoms with van der Waals surface area (Å²) in [5.74, 6) is 1.16. The van der Waals surface area contributed by atoms with Crippen molar-refractivity contribution in [3.8, 4) is 0 Å². The zero-order chi connectivity index (χ0) is 13.6. The maximum Gasteiger partial charge on any atom is 0.108 e. The molecule has 1 aromatic heterocycles. The molecule has 19 heavy (non-hydrogen) atoms. The quantitative estimate of drug-likeness (QED) is 0.714. The normalized spacial score (nSPS) is 23.1. The van der Waals surface area contributed by atoms with Gasteiger partial charge in [-0.25, -0.2) is 4.98 Å². The molecule has 1 fully saturated rings. The second-order valence-electron chi connectivity index (χ2n) is 5.43. The Bertz CT molecular complexity index is 373. The number of hydrogen-bond donors (Lipinski definition) is 1. The van der Waals surface area contributed by atoms with E-state index >= 15 is 0 Å². The zero-order valence-electron chi connectivity index (χ0n) is 12.0. The van der Waals surface area contributed by atoms with Gasteiger partial charge in [0.1, 0.15) is 5.82 Å². The molecule has 1 aromatic rings. The highest BCUT2D eigenvalue weighted by molar-refractivity contribution is 4.95. The van der Waals surface area contributed by atoms with Crippen molar-refractivity contribution in [3.63, 3.8) is 0 Å². The Labute approximate surface area is 115 Å². The molecule has 5 heteroatoms. The van der Waals surface area contributed by atoms with E-state index in [0.29, 0.717) is 0 Å². The van der Waals surface area contributed by atoms with Gasteiger partial charge in [-0.1, -0.05) is 0 Å². The lowest BCUT2D eigenvalue weighted by atomic mass is 9.82. The lowest BCUT2D eigenvalue weighted by Crippen LogP contribution is -2.37. The van der Waals surface area contributed by atoms with Gasteiger partial charge in [-0.05, 0) is 12.8 Å². The average Bonchev–Trinajstić information content (AvgIpc) is 3.03. The van der Waals surface area contributed by atoms with Crippen LogP contribution in [0.25, 0.3) is 0 Å². The van der Waals surface area contributed by atoms with Crippen LogP contribution >= 0.6 is 0 Å². The molecule has 1 aliphatic rings. The van der Waals surface area contributed by atoms with Crippen LogP contribution in [0, 0.1) is 5.41 Å². The molecular formula is C14H25N3O2. The fraction of sp³-hybridized carbons (Fsp3) is 0.786. The molecule has 0 radical (unpaired) electrons. The molecule has 1 saturated heterocycles. The van der Waals surface area contributed by atoms with Crippen LogP contribution in [-0.4, -0.2) is 49.6 Å². The monoisotopic (exact) mass is 267 g/mol. The number of rotatable bonds is 8. The molecule has 0 spiro atoms. The fourth-order valence-electron chi connectivity index (χ4n) is 2.62. The zero-order valence-corrected chi connectivity index (χ0v) is 12.0. The van der Waals surface area contributed by atoms with E-state index in [0.717, 1.165) is 58.0 Å². The van der Waals surface area contributed by atoms with Gasteiger partial charge in [-0.15, -0.1) is 0 Å². The first kappa shape index (κ1) is 14.5. The first-order chi connectivity index (χ1) is 9.26. The summed E-state index contributed by atoms with van der Waals surface area (Å²) in [6.07, 6.45) is 7.14. The second kappa shape index (κ2) is 7.03. The maximum absolute atomic E-state index is 5.62. The van der Waals surface area contributed by atoms with Crippen LogP contribution < -0.4 is 5.32 Å². The van der Waals surface area contributed by atoms with Crippen LogP contribution in [0.15, 0.2) is 12.4 Å². The van der Waals surface area contributed by atoms with Crippen LogP contribution in [0.1, 0.15) is 18.7 Å². The highest BCUT2D eigenvalue weighted by Gasteiger charge is 2.34. The predicted molar refractivity (Wildman–Crippen MR) is 74.1 cm³/mol. The van der Waals surface area contributed by atoms with Crippen molar-refractivity contribution >= 4 is 0 Å². The van der Waals surface area contributed by atoms with Crippen molar-refractivity contribution in [2.75, 3.05) is 40.0 Å². The molecule has 0 saturated carbocycles. The van der Waals surface area contributed by atoms with Gasteiger partial charge in [0, 0.05) is 58.1 Å². The third kappa shape index (κ3) is 4.03. The van der Waals surface area contributed by atoms with Crippen LogP contribution in [0.5, 0.6) is 0 Å². The summed E-state index contributed by atoms with van der Waals surface area (Å²) in [4.78, 5) is 4.40. The standard InChI is InChI=1S/C14H25N3O2/c1-17-8-6-16-13(17)3-4-14(5-9-19-12-14)11-15-7-10-18-2/h6,8,15H,3-5,7,9-12H2,1-2H3. The highest BCUT2D eigenvalue weighted by atomic mass is 16.5. The van der Waals surface area contributed by atoms with E-state index in [1.165, 1.54) is 0 Å². The molecule has 0 aromatic carbocycles. The van der Waals surface area contributed by atoms with Crippen LogP contribution in [-0.2, 0) is 22.9 Å². The number of aromatic nitrogens is 2. The van der Waals surface area contributed by atoms with E-state index in [1.807, 2.05) is 12.4 Å². The number of methoxy groups -OCH3 is 1. The number of ether oxygens (including phenoxy) is 2. The number of nitrogens with zero attached hydrogens (tertiary/aromatic N) is 2. The molecule has 1 unspecified atom stereocenters. The maximum atomic E-state index is 5.62. The van der Waals surface area contributed by atoms with Crippen molar-refractivity contribution in [1.82, 2.24) is 14.9 Å². The highest BCUT2D eigenvalue weighted by Crippen LogP contribution is 2.32.